The van der Waals surface area contributed by atoms with Crippen LogP contribution in [0, 0.1) is 6.92 Å². The van der Waals surface area contributed by atoms with E-state index in [1.807, 2.05) is 0 Å². The number of nitrogens with zero attached hydrogens (tertiary/aromatic N) is 1. The molecular formula is C13H16N2O. The summed E-state index contributed by atoms with van der Waals surface area (Å²) >= 11 is 0. The highest BCUT2D eigenvalue weighted by atomic mass is 16.2. The average Bonchev–Trinajstić information content (AvgIpc) is 2.55. The van der Waals surface area contributed by atoms with E-state index in [1.165, 1.54) is 16.8 Å². The van der Waals surface area contributed by atoms with Crippen molar-refractivity contribution in [2.45, 2.75) is 25.8 Å². The molecule has 0 spiro atoms. The first-order valence-electron chi connectivity index (χ1n) is 5.90. The lowest BCUT2D eigenvalue weighted by Gasteiger charge is -2.23. The van der Waals surface area contributed by atoms with E-state index in [2.05, 4.69) is 35.3 Å². The summed E-state index contributed by atoms with van der Waals surface area (Å²) in [5.74, 6) is 0.188. The smallest absolute Gasteiger partial charge is 0.243 e. The van der Waals surface area contributed by atoms with E-state index >= 15 is 0 Å². The summed E-state index contributed by atoms with van der Waals surface area (Å²) in [7, 11) is 0. The number of benzene rings is 1. The van der Waals surface area contributed by atoms with Crippen LogP contribution in [0.25, 0.3) is 0 Å². The Bertz CT molecular complexity index is 442. The molecular weight excluding hydrogens is 200 g/mol. The van der Waals surface area contributed by atoms with Crippen molar-refractivity contribution >= 4 is 11.6 Å². The third-order valence-corrected chi connectivity index (χ3v) is 3.65. The summed E-state index contributed by atoms with van der Waals surface area (Å²) < 4.78 is 0. The van der Waals surface area contributed by atoms with Crippen molar-refractivity contribution < 1.29 is 4.79 Å². The molecule has 84 valence electrons. The largest absolute Gasteiger partial charge is 0.359 e. The second-order valence-corrected chi connectivity index (χ2v) is 4.63. The standard InChI is InChI=1S/C13H16N2O/c1-9-4-2-5-11-10(9)8-12-13(16)14-6-3-7-15(11)12/h2,4-5,12H,3,6-8H2,1H3,(H,14,16). The summed E-state index contributed by atoms with van der Waals surface area (Å²) in [6.07, 6.45) is 1.91. The van der Waals surface area contributed by atoms with Gasteiger partial charge in [0.1, 0.15) is 6.04 Å². The van der Waals surface area contributed by atoms with Gasteiger partial charge < -0.3 is 10.2 Å². The van der Waals surface area contributed by atoms with Crippen molar-refractivity contribution in [3.05, 3.63) is 29.3 Å². The van der Waals surface area contributed by atoms with Crippen molar-refractivity contribution in [3.8, 4) is 0 Å². The molecule has 1 aromatic rings. The third-order valence-electron chi connectivity index (χ3n) is 3.65. The molecule has 0 aliphatic carbocycles. The quantitative estimate of drug-likeness (QED) is 0.708. The van der Waals surface area contributed by atoms with Gasteiger partial charge in [0.2, 0.25) is 5.91 Å². The van der Waals surface area contributed by atoms with Gasteiger partial charge >= 0.3 is 0 Å². The Morgan fingerprint density at radius 2 is 2.31 bits per heavy atom. The lowest BCUT2D eigenvalue weighted by atomic mass is 10.0. The zero-order valence-electron chi connectivity index (χ0n) is 9.49. The van der Waals surface area contributed by atoms with E-state index in [0.29, 0.717) is 0 Å². The minimum atomic E-state index is 0.0265. The molecule has 1 fully saturated rings. The fourth-order valence-electron chi connectivity index (χ4n) is 2.78. The third kappa shape index (κ3) is 1.31. The van der Waals surface area contributed by atoms with Crippen LogP contribution in [0.5, 0.6) is 0 Å². The van der Waals surface area contributed by atoms with Gasteiger partial charge in [0, 0.05) is 25.2 Å². The Labute approximate surface area is 95.4 Å². The maximum absolute atomic E-state index is 11.9. The Balaban J connectivity index is 2.05. The molecule has 1 unspecified atom stereocenters. The van der Waals surface area contributed by atoms with Crippen LogP contribution < -0.4 is 10.2 Å². The number of amides is 1. The summed E-state index contributed by atoms with van der Waals surface area (Å²) in [6.45, 7) is 3.93. The molecule has 2 aliphatic rings. The number of carbonyl (C=O) groups excluding carboxylic acids is 1. The molecule has 0 radical (unpaired) electrons. The molecule has 1 amide bonds. The first-order chi connectivity index (χ1) is 7.77. The minimum Gasteiger partial charge on any atom is -0.359 e. The predicted molar refractivity (Wildman–Crippen MR) is 63.6 cm³/mol. The highest BCUT2D eigenvalue weighted by Gasteiger charge is 2.35. The van der Waals surface area contributed by atoms with Gasteiger partial charge in [0.15, 0.2) is 0 Å². The van der Waals surface area contributed by atoms with Crippen molar-refractivity contribution in [2.75, 3.05) is 18.0 Å². The summed E-state index contributed by atoms with van der Waals surface area (Å²) in [5.41, 5.74) is 3.92. The van der Waals surface area contributed by atoms with Crippen LogP contribution in [0.15, 0.2) is 18.2 Å². The van der Waals surface area contributed by atoms with Crippen LogP contribution in [0.2, 0.25) is 0 Å². The zero-order chi connectivity index (χ0) is 11.1. The fraction of sp³-hybridized carbons (Fsp3) is 0.462. The molecule has 0 bridgehead atoms. The lowest BCUT2D eigenvalue weighted by Crippen LogP contribution is -2.42. The van der Waals surface area contributed by atoms with Gasteiger partial charge in [-0.05, 0) is 30.5 Å². The molecule has 2 aliphatic heterocycles. The normalized spacial score (nSPS) is 23.4. The molecule has 1 atom stereocenters. The minimum absolute atomic E-state index is 0.0265. The fourth-order valence-corrected chi connectivity index (χ4v) is 2.78. The van der Waals surface area contributed by atoms with Crippen LogP contribution in [-0.2, 0) is 11.2 Å². The van der Waals surface area contributed by atoms with E-state index in [4.69, 9.17) is 0 Å². The highest BCUT2D eigenvalue weighted by molar-refractivity contribution is 5.88. The van der Waals surface area contributed by atoms with Crippen LogP contribution >= 0.6 is 0 Å². The molecule has 2 heterocycles. The number of carbonyl (C=O) groups is 1. The Hall–Kier alpha value is -1.51. The number of rotatable bonds is 0. The van der Waals surface area contributed by atoms with Crippen LogP contribution in [0.1, 0.15) is 17.5 Å². The Morgan fingerprint density at radius 3 is 3.19 bits per heavy atom. The molecule has 16 heavy (non-hydrogen) atoms. The number of hydrogen-bond acceptors (Lipinski definition) is 2. The second-order valence-electron chi connectivity index (χ2n) is 4.63. The van der Waals surface area contributed by atoms with Gasteiger partial charge in [-0.15, -0.1) is 0 Å². The van der Waals surface area contributed by atoms with E-state index < -0.39 is 0 Å². The number of hydrogen-bond donors (Lipinski definition) is 1. The zero-order valence-corrected chi connectivity index (χ0v) is 9.49. The predicted octanol–water partition coefficient (Wildman–Crippen LogP) is 1.25. The summed E-state index contributed by atoms with van der Waals surface area (Å²) in [4.78, 5) is 14.2. The van der Waals surface area contributed by atoms with Gasteiger partial charge in [0.05, 0.1) is 0 Å². The molecule has 3 heteroatoms. The van der Waals surface area contributed by atoms with Crippen molar-refractivity contribution in [1.29, 1.82) is 0 Å². The first-order valence-corrected chi connectivity index (χ1v) is 5.90. The van der Waals surface area contributed by atoms with E-state index in [9.17, 15) is 4.79 Å². The molecule has 0 aromatic heterocycles. The molecule has 1 aromatic carbocycles. The van der Waals surface area contributed by atoms with Crippen LogP contribution in [-0.4, -0.2) is 25.0 Å². The Morgan fingerprint density at radius 1 is 1.44 bits per heavy atom. The van der Waals surface area contributed by atoms with E-state index in [-0.39, 0.29) is 11.9 Å². The van der Waals surface area contributed by atoms with Crippen LogP contribution in [0.4, 0.5) is 5.69 Å². The lowest BCUT2D eigenvalue weighted by molar-refractivity contribution is -0.121. The maximum atomic E-state index is 11.9. The SMILES string of the molecule is Cc1cccc2c1CC1C(=O)NCCCN21. The van der Waals surface area contributed by atoms with Crippen LogP contribution in [0.3, 0.4) is 0 Å². The number of anilines is 1. The molecule has 0 saturated carbocycles. The summed E-state index contributed by atoms with van der Waals surface area (Å²) in [5, 5.41) is 2.99. The van der Waals surface area contributed by atoms with Gasteiger partial charge in [-0.2, -0.15) is 0 Å². The van der Waals surface area contributed by atoms with E-state index in [0.717, 1.165) is 25.9 Å². The van der Waals surface area contributed by atoms with Crippen molar-refractivity contribution in [2.24, 2.45) is 0 Å². The van der Waals surface area contributed by atoms with Crippen molar-refractivity contribution in [3.63, 3.8) is 0 Å². The summed E-state index contributed by atoms with van der Waals surface area (Å²) in [6, 6.07) is 6.38. The second kappa shape index (κ2) is 3.51. The molecule has 1 saturated heterocycles. The van der Waals surface area contributed by atoms with E-state index in [1.54, 1.807) is 0 Å². The maximum Gasteiger partial charge on any atom is 0.243 e. The first kappa shape index (κ1) is 9.70. The Kier molecular flexibility index (Phi) is 2.13. The molecule has 1 N–H and O–H groups in total. The van der Waals surface area contributed by atoms with Crippen molar-refractivity contribution in [1.82, 2.24) is 5.32 Å². The van der Waals surface area contributed by atoms with Gasteiger partial charge in [0.25, 0.3) is 0 Å². The average molecular weight is 216 g/mol. The van der Waals surface area contributed by atoms with Gasteiger partial charge in [-0.3, -0.25) is 4.79 Å². The topological polar surface area (TPSA) is 32.3 Å². The number of fused-ring (bicyclic) bond motifs is 3. The van der Waals surface area contributed by atoms with Gasteiger partial charge in [-0.1, -0.05) is 12.1 Å². The highest BCUT2D eigenvalue weighted by Crippen LogP contribution is 2.34. The monoisotopic (exact) mass is 216 g/mol. The number of aryl methyl sites for hydroxylation is 1. The molecule has 3 nitrogen and oxygen atoms in total. The molecule has 3 rings (SSSR count). The van der Waals surface area contributed by atoms with Gasteiger partial charge in [-0.25, -0.2) is 0 Å². The number of nitrogens with one attached hydrogen (secondary N) is 1.